The van der Waals surface area contributed by atoms with Crippen molar-refractivity contribution in [2.75, 3.05) is 10.2 Å². The Bertz CT molecular complexity index is 1360. The number of imide groups is 1. The van der Waals surface area contributed by atoms with Crippen molar-refractivity contribution in [3.63, 3.8) is 0 Å². The van der Waals surface area contributed by atoms with Gasteiger partial charge in [-0.1, -0.05) is 78.9 Å². The van der Waals surface area contributed by atoms with Gasteiger partial charge in [0.25, 0.3) is 11.8 Å². The maximum absolute atomic E-state index is 14.5. The van der Waals surface area contributed by atoms with E-state index in [2.05, 4.69) is 5.32 Å². The molecule has 4 aromatic carbocycles. The van der Waals surface area contributed by atoms with E-state index in [1.54, 1.807) is 30.3 Å². The Labute approximate surface area is 178 Å². The van der Waals surface area contributed by atoms with Crippen LogP contribution in [0.4, 0.5) is 15.8 Å². The number of nitrogens with one attached hydrogen (secondary N) is 1. The van der Waals surface area contributed by atoms with Crippen LogP contribution in [0.2, 0.25) is 0 Å². The van der Waals surface area contributed by atoms with E-state index in [4.69, 9.17) is 0 Å². The Balaban J connectivity index is 1.67. The van der Waals surface area contributed by atoms with Crippen LogP contribution in [0.5, 0.6) is 0 Å². The van der Waals surface area contributed by atoms with Crippen molar-refractivity contribution < 1.29 is 14.0 Å². The summed E-state index contributed by atoms with van der Waals surface area (Å²) in [7, 11) is 0. The maximum Gasteiger partial charge on any atom is 0.282 e. The third kappa shape index (κ3) is 3.16. The van der Waals surface area contributed by atoms with Crippen LogP contribution in [-0.4, -0.2) is 11.8 Å². The molecule has 0 atom stereocenters. The van der Waals surface area contributed by atoms with Crippen molar-refractivity contribution in [2.45, 2.75) is 0 Å². The van der Waals surface area contributed by atoms with E-state index in [-0.39, 0.29) is 17.0 Å². The topological polar surface area (TPSA) is 49.4 Å². The number of rotatable bonds is 4. The predicted octanol–water partition coefficient (Wildman–Crippen LogP) is 5.38. The lowest BCUT2D eigenvalue weighted by atomic mass is 10.0. The van der Waals surface area contributed by atoms with Gasteiger partial charge >= 0.3 is 0 Å². The summed E-state index contributed by atoms with van der Waals surface area (Å²) >= 11 is 0. The van der Waals surface area contributed by atoms with Crippen molar-refractivity contribution in [1.29, 1.82) is 0 Å². The third-order valence-corrected chi connectivity index (χ3v) is 5.29. The van der Waals surface area contributed by atoms with Crippen LogP contribution in [0.1, 0.15) is 5.56 Å². The Hall–Kier alpha value is -4.25. The molecule has 0 saturated carbocycles. The highest BCUT2D eigenvalue weighted by molar-refractivity contribution is 6.46. The molecule has 1 aliphatic heterocycles. The molecule has 0 aliphatic carbocycles. The summed E-state index contributed by atoms with van der Waals surface area (Å²) in [6, 6.07) is 28.2. The number of anilines is 2. The number of hydrogen-bond donors (Lipinski definition) is 1. The van der Waals surface area contributed by atoms with Gasteiger partial charge in [-0.05, 0) is 29.1 Å². The number of carbonyl (C=O) groups is 2. The average Bonchev–Trinajstić information content (AvgIpc) is 3.04. The number of carbonyl (C=O) groups excluding carboxylic acids is 2. The molecule has 2 amide bonds. The fourth-order valence-electron chi connectivity index (χ4n) is 3.84. The first-order chi connectivity index (χ1) is 15.1. The summed E-state index contributed by atoms with van der Waals surface area (Å²) in [5.41, 5.74) is 1.54. The molecular formula is C26H17FN2O2. The number of amides is 2. The maximum atomic E-state index is 14.5. The number of benzene rings is 4. The van der Waals surface area contributed by atoms with E-state index in [9.17, 15) is 14.0 Å². The van der Waals surface area contributed by atoms with E-state index in [1.165, 1.54) is 18.2 Å². The smallest absolute Gasteiger partial charge is 0.282 e. The number of halogens is 1. The van der Waals surface area contributed by atoms with E-state index in [1.807, 2.05) is 48.5 Å². The number of para-hydroxylation sites is 1. The molecule has 0 fully saturated rings. The monoisotopic (exact) mass is 408 g/mol. The normalized spacial score (nSPS) is 13.9. The molecule has 5 heteroatoms. The van der Waals surface area contributed by atoms with Crippen LogP contribution in [0.15, 0.2) is 103 Å². The highest BCUT2D eigenvalue weighted by atomic mass is 19.1. The zero-order valence-corrected chi connectivity index (χ0v) is 16.4. The minimum absolute atomic E-state index is 0.0688. The SMILES string of the molecule is O=C1C(Nc2cccc3ccccc23)=C(c2ccccc2)C(=O)N1c1ccccc1F. The molecule has 150 valence electrons. The van der Waals surface area contributed by atoms with Crippen LogP contribution in [0.3, 0.4) is 0 Å². The van der Waals surface area contributed by atoms with E-state index in [0.29, 0.717) is 11.3 Å². The fraction of sp³-hybridized carbons (Fsp3) is 0. The molecule has 0 saturated heterocycles. The highest BCUT2D eigenvalue weighted by Crippen LogP contribution is 2.35. The van der Waals surface area contributed by atoms with Gasteiger partial charge in [-0.3, -0.25) is 9.59 Å². The number of nitrogens with zero attached hydrogens (tertiary/aromatic N) is 1. The van der Waals surface area contributed by atoms with Gasteiger partial charge in [-0.25, -0.2) is 9.29 Å². The highest BCUT2D eigenvalue weighted by Gasteiger charge is 2.41. The van der Waals surface area contributed by atoms with Gasteiger partial charge in [0, 0.05) is 11.1 Å². The van der Waals surface area contributed by atoms with Gasteiger partial charge in [0.1, 0.15) is 11.5 Å². The standard InChI is InChI=1S/C26H17FN2O2/c27-20-14-6-7-16-22(20)29-25(30)23(18-10-2-1-3-11-18)24(26(29)31)28-21-15-8-12-17-9-4-5-13-19(17)21/h1-16,28H. The summed E-state index contributed by atoms with van der Waals surface area (Å²) in [5, 5.41) is 5.09. The van der Waals surface area contributed by atoms with Crippen molar-refractivity contribution in [3.05, 3.63) is 114 Å². The molecule has 0 spiro atoms. The molecule has 4 nitrogen and oxygen atoms in total. The molecule has 0 radical (unpaired) electrons. The fourth-order valence-corrected chi connectivity index (χ4v) is 3.84. The number of hydrogen-bond acceptors (Lipinski definition) is 3. The largest absolute Gasteiger partial charge is 0.350 e. The summed E-state index contributed by atoms with van der Waals surface area (Å²) in [6.45, 7) is 0. The van der Waals surface area contributed by atoms with E-state index in [0.717, 1.165) is 15.7 Å². The summed E-state index contributed by atoms with van der Waals surface area (Å²) < 4.78 is 14.5. The third-order valence-electron chi connectivity index (χ3n) is 5.29. The number of fused-ring (bicyclic) bond motifs is 1. The van der Waals surface area contributed by atoms with E-state index >= 15 is 0 Å². The molecule has 0 unspecified atom stereocenters. The van der Waals surface area contributed by atoms with Gasteiger partial charge < -0.3 is 5.32 Å². The summed E-state index contributed by atoms with van der Waals surface area (Å²) in [4.78, 5) is 27.7. The minimum Gasteiger partial charge on any atom is -0.350 e. The second kappa shape index (κ2) is 7.54. The molecule has 0 aromatic heterocycles. The van der Waals surface area contributed by atoms with E-state index < -0.39 is 17.6 Å². The van der Waals surface area contributed by atoms with Gasteiger partial charge in [-0.15, -0.1) is 0 Å². The van der Waals surface area contributed by atoms with Crippen LogP contribution >= 0.6 is 0 Å². The first-order valence-corrected chi connectivity index (χ1v) is 9.83. The Kier molecular flexibility index (Phi) is 4.56. The van der Waals surface area contributed by atoms with Gasteiger partial charge in [0.2, 0.25) is 0 Å². The van der Waals surface area contributed by atoms with Crippen molar-refractivity contribution in [1.82, 2.24) is 0 Å². The van der Waals surface area contributed by atoms with Gasteiger partial charge in [0.15, 0.2) is 0 Å². The average molecular weight is 408 g/mol. The zero-order chi connectivity index (χ0) is 21.4. The van der Waals surface area contributed by atoms with Crippen LogP contribution in [0.25, 0.3) is 16.3 Å². The summed E-state index contributed by atoms with van der Waals surface area (Å²) in [6.07, 6.45) is 0. The lowest BCUT2D eigenvalue weighted by Gasteiger charge is -2.16. The minimum atomic E-state index is -0.636. The molecule has 5 rings (SSSR count). The molecule has 31 heavy (non-hydrogen) atoms. The van der Waals surface area contributed by atoms with Crippen molar-refractivity contribution in [2.24, 2.45) is 0 Å². The Morgan fingerprint density at radius 1 is 0.677 bits per heavy atom. The van der Waals surface area contributed by atoms with Crippen molar-refractivity contribution in [3.8, 4) is 0 Å². The second-order valence-corrected chi connectivity index (χ2v) is 7.16. The van der Waals surface area contributed by atoms with Gasteiger partial charge in [-0.2, -0.15) is 0 Å². The molecule has 1 N–H and O–H groups in total. The van der Waals surface area contributed by atoms with Crippen molar-refractivity contribution >= 4 is 39.5 Å². The molecule has 0 bridgehead atoms. The lowest BCUT2D eigenvalue weighted by molar-refractivity contribution is -0.120. The van der Waals surface area contributed by atoms with Gasteiger partial charge in [0.05, 0.1) is 11.3 Å². The first kappa shape index (κ1) is 18.8. The summed E-state index contributed by atoms with van der Waals surface area (Å²) in [5.74, 6) is -1.80. The van der Waals surface area contributed by atoms with Crippen LogP contribution in [-0.2, 0) is 9.59 Å². The Morgan fingerprint density at radius 3 is 2.16 bits per heavy atom. The molecule has 1 aliphatic rings. The van der Waals surface area contributed by atoms with Crippen LogP contribution in [0, 0.1) is 5.82 Å². The molecule has 4 aromatic rings. The quantitative estimate of drug-likeness (QED) is 0.462. The Morgan fingerprint density at radius 2 is 1.35 bits per heavy atom. The first-order valence-electron chi connectivity index (χ1n) is 9.83. The zero-order valence-electron chi connectivity index (χ0n) is 16.4. The molecule has 1 heterocycles. The predicted molar refractivity (Wildman–Crippen MR) is 120 cm³/mol. The lowest BCUT2D eigenvalue weighted by Crippen LogP contribution is -2.33. The second-order valence-electron chi connectivity index (χ2n) is 7.16. The molecular weight excluding hydrogens is 391 g/mol. The van der Waals surface area contributed by atoms with Crippen LogP contribution < -0.4 is 10.2 Å².